The SMILES string of the molecule is C1CC1.COc1cnc2c(Nc3cc(C4CS(=O)(=O)C(C)C(N)=N4)c(F)cn3)ccnc2c1. The Hall–Kier alpha value is -3.34. The number of nitrogens with two attached hydrogens (primary N) is 1. The Kier molecular flexibility index (Phi) is 6.41. The van der Waals surface area contributed by atoms with Crippen LogP contribution in [0.5, 0.6) is 5.75 Å². The van der Waals surface area contributed by atoms with E-state index in [1.807, 2.05) is 0 Å². The molecule has 0 saturated heterocycles. The van der Waals surface area contributed by atoms with Crippen LogP contribution in [0.25, 0.3) is 11.0 Å². The third-order valence-electron chi connectivity index (χ3n) is 5.30. The molecule has 5 rings (SSSR count). The van der Waals surface area contributed by atoms with Gasteiger partial charge >= 0.3 is 0 Å². The molecule has 4 heterocycles. The smallest absolute Gasteiger partial charge is 0.162 e. The molecule has 2 unspecified atom stereocenters. The highest BCUT2D eigenvalue weighted by Gasteiger charge is 2.35. The van der Waals surface area contributed by atoms with E-state index in [4.69, 9.17) is 10.5 Å². The highest BCUT2D eigenvalue weighted by atomic mass is 32.2. The quantitative estimate of drug-likeness (QED) is 0.591. The number of aromatic nitrogens is 3. The van der Waals surface area contributed by atoms with Gasteiger partial charge in [-0.1, -0.05) is 19.3 Å². The molecule has 3 aromatic rings. The number of fused-ring (bicyclic) bond motifs is 1. The summed E-state index contributed by atoms with van der Waals surface area (Å²) in [6.07, 6.45) is 8.68. The van der Waals surface area contributed by atoms with E-state index in [1.165, 1.54) is 39.4 Å². The van der Waals surface area contributed by atoms with Crippen LogP contribution in [0.15, 0.2) is 41.8 Å². The second-order valence-electron chi connectivity index (χ2n) is 7.92. The van der Waals surface area contributed by atoms with Crippen LogP contribution in [-0.4, -0.2) is 47.3 Å². The fourth-order valence-corrected chi connectivity index (χ4v) is 4.58. The maximum atomic E-state index is 14.5. The maximum absolute atomic E-state index is 14.5. The Bertz CT molecular complexity index is 1310. The molecule has 33 heavy (non-hydrogen) atoms. The van der Waals surface area contributed by atoms with Crippen LogP contribution in [0.3, 0.4) is 0 Å². The molecule has 3 N–H and O–H groups in total. The lowest BCUT2D eigenvalue weighted by molar-refractivity contribution is 0.413. The van der Waals surface area contributed by atoms with Gasteiger partial charge in [0.1, 0.15) is 34.0 Å². The van der Waals surface area contributed by atoms with Gasteiger partial charge < -0.3 is 15.8 Å². The average molecular weight is 473 g/mol. The van der Waals surface area contributed by atoms with Crippen molar-refractivity contribution in [1.82, 2.24) is 15.0 Å². The van der Waals surface area contributed by atoms with Crippen LogP contribution in [0, 0.1) is 5.82 Å². The number of hydrogen-bond donors (Lipinski definition) is 2. The Balaban J connectivity index is 0.000000799. The summed E-state index contributed by atoms with van der Waals surface area (Å²) in [7, 11) is -1.99. The molecule has 1 aliphatic carbocycles. The first-order valence-corrected chi connectivity index (χ1v) is 12.3. The van der Waals surface area contributed by atoms with E-state index in [0.29, 0.717) is 28.3 Å². The summed E-state index contributed by atoms with van der Waals surface area (Å²) in [4.78, 5) is 16.9. The third-order valence-corrected chi connectivity index (χ3v) is 7.40. The van der Waals surface area contributed by atoms with Crippen molar-refractivity contribution in [3.05, 3.63) is 48.2 Å². The van der Waals surface area contributed by atoms with Crippen molar-refractivity contribution in [2.45, 2.75) is 37.5 Å². The number of ether oxygens (including phenoxy) is 1. The molecule has 2 aliphatic rings. The lowest BCUT2D eigenvalue weighted by atomic mass is 10.1. The molecule has 2 atom stereocenters. The first-order chi connectivity index (χ1) is 15.8. The van der Waals surface area contributed by atoms with Crippen molar-refractivity contribution >= 4 is 38.2 Å². The maximum Gasteiger partial charge on any atom is 0.162 e. The Labute approximate surface area is 191 Å². The van der Waals surface area contributed by atoms with Crippen LogP contribution in [0.2, 0.25) is 0 Å². The molecule has 3 aromatic heterocycles. The van der Waals surface area contributed by atoms with Crippen LogP contribution < -0.4 is 15.8 Å². The van der Waals surface area contributed by atoms with E-state index in [0.717, 1.165) is 6.20 Å². The van der Waals surface area contributed by atoms with Gasteiger partial charge in [0.25, 0.3) is 0 Å². The number of aliphatic imine (C=N–C) groups is 1. The highest BCUT2D eigenvalue weighted by molar-refractivity contribution is 7.92. The minimum atomic E-state index is -3.53. The van der Waals surface area contributed by atoms with Gasteiger partial charge in [0, 0.05) is 17.8 Å². The predicted octanol–water partition coefficient (Wildman–Crippen LogP) is 3.30. The highest BCUT2D eigenvalue weighted by Crippen LogP contribution is 2.31. The summed E-state index contributed by atoms with van der Waals surface area (Å²) < 4.78 is 44.3. The minimum absolute atomic E-state index is 0.0322. The first-order valence-electron chi connectivity index (χ1n) is 10.5. The zero-order valence-electron chi connectivity index (χ0n) is 18.3. The van der Waals surface area contributed by atoms with E-state index < -0.39 is 26.9 Å². The first kappa shape index (κ1) is 22.8. The van der Waals surface area contributed by atoms with Gasteiger partial charge in [-0.2, -0.15) is 0 Å². The fourth-order valence-electron chi connectivity index (χ4n) is 3.17. The molecule has 11 heteroatoms. The van der Waals surface area contributed by atoms with E-state index in [2.05, 4.69) is 25.3 Å². The molecule has 1 saturated carbocycles. The normalized spacial score (nSPS) is 20.9. The lowest BCUT2D eigenvalue weighted by Crippen LogP contribution is -2.40. The van der Waals surface area contributed by atoms with Crippen molar-refractivity contribution in [2.24, 2.45) is 10.7 Å². The summed E-state index contributed by atoms with van der Waals surface area (Å²) in [5, 5.41) is 2.19. The van der Waals surface area contributed by atoms with Gasteiger partial charge in [0.05, 0.1) is 42.5 Å². The van der Waals surface area contributed by atoms with Crippen molar-refractivity contribution in [2.75, 3.05) is 18.2 Å². The third kappa shape index (κ3) is 5.19. The van der Waals surface area contributed by atoms with E-state index in [9.17, 15) is 12.8 Å². The molecule has 9 nitrogen and oxygen atoms in total. The van der Waals surface area contributed by atoms with Gasteiger partial charge in [-0.3, -0.25) is 9.98 Å². The molecular weight excluding hydrogens is 447 g/mol. The van der Waals surface area contributed by atoms with Crippen LogP contribution in [-0.2, 0) is 9.84 Å². The summed E-state index contributed by atoms with van der Waals surface area (Å²) >= 11 is 0. The Morgan fingerprint density at radius 3 is 2.58 bits per heavy atom. The topological polar surface area (TPSA) is 132 Å². The molecule has 0 aromatic carbocycles. The number of hydrogen-bond acceptors (Lipinski definition) is 9. The number of rotatable bonds is 4. The zero-order valence-corrected chi connectivity index (χ0v) is 19.1. The second kappa shape index (κ2) is 9.26. The van der Waals surface area contributed by atoms with Gasteiger partial charge in [0.15, 0.2) is 9.84 Å². The second-order valence-corrected chi connectivity index (χ2v) is 10.3. The van der Waals surface area contributed by atoms with E-state index in [-0.39, 0.29) is 17.2 Å². The van der Waals surface area contributed by atoms with Crippen molar-refractivity contribution in [3.63, 3.8) is 0 Å². The Morgan fingerprint density at radius 2 is 1.91 bits per heavy atom. The van der Waals surface area contributed by atoms with Crippen LogP contribution in [0.1, 0.15) is 37.8 Å². The number of amidine groups is 1. The average Bonchev–Trinajstić information content (AvgIpc) is 3.68. The standard InChI is InChI=1S/C19H19FN6O3S.C3H6/c1-10-19(21)26-16(9-30(10,27)28)12-6-17(23-8-13(12)20)25-14-3-4-22-15-5-11(29-2)7-24-18(14)15;1-2-3-1/h3-8,10,16H,9H2,1-2H3,(H2,21,26)(H,22,23,25);1-3H2. The molecule has 1 fully saturated rings. The number of pyridine rings is 3. The summed E-state index contributed by atoms with van der Waals surface area (Å²) in [6.45, 7) is 1.47. The van der Waals surface area contributed by atoms with Crippen molar-refractivity contribution < 1.29 is 17.5 Å². The zero-order chi connectivity index (χ0) is 23.6. The molecule has 0 bridgehead atoms. The number of nitrogens with zero attached hydrogens (tertiary/aromatic N) is 4. The minimum Gasteiger partial charge on any atom is -0.495 e. The van der Waals surface area contributed by atoms with Crippen molar-refractivity contribution in [1.29, 1.82) is 0 Å². The van der Waals surface area contributed by atoms with E-state index >= 15 is 0 Å². The lowest BCUT2D eigenvalue weighted by Gasteiger charge is -2.24. The molecule has 0 amide bonds. The number of nitrogens with one attached hydrogen (secondary N) is 1. The fraction of sp³-hybridized carbons (Fsp3) is 0.364. The molecule has 0 spiro atoms. The summed E-state index contributed by atoms with van der Waals surface area (Å²) in [5.41, 5.74) is 7.64. The molecule has 1 aliphatic heterocycles. The molecule has 0 radical (unpaired) electrons. The largest absolute Gasteiger partial charge is 0.495 e. The molecular formula is C22H25FN6O3S. The van der Waals surface area contributed by atoms with Crippen LogP contribution in [0.4, 0.5) is 15.9 Å². The van der Waals surface area contributed by atoms with Gasteiger partial charge in [-0.25, -0.2) is 22.8 Å². The number of anilines is 2. The van der Waals surface area contributed by atoms with Crippen LogP contribution >= 0.6 is 0 Å². The van der Waals surface area contributed by atoms with Gasteiger partial charge in [-0.15, -0.1) is 0 Å². The Morgan fingerprint density at radius 1 is 1.15 bits per heavy atom. The number of sulfone groups is 1. The van der Waals surface area contributed by atoms with Crippen molar-refractivity contribution in [3.8, 4) is 5.75 Å². The number of methoxy groups -OCH3 is 1. The van der Waals surface area contributed by atoms with Gasteiger partial charge in [-0.05, 0) is 19.1 Å². The summed E-state index contributed by atoms with van der Waals surface area (Å²) in [6, 6.07) is 3.93. The number of halogens is 1. The summed E-state index contributed by atoms with van der Waals surface area (Å²) in [5.74, 6) is -0.141. The monoisotopic (exact) mass is 472 g/mol. The van der Waals surface area contributed by atoms with Gasteiger partial charge in [0.2, 0.25) is 0 Å². The predicted molar refractivity (Wildman–Crippen MR) is 125 cm³/mol. The molecule has 174 valence electrons. The van der Waals surface area contributed by atoms with E-state index in [1.54, 1.807) is 24.5 Å².